The highest BCUT2D eigenvalue weighted by molar-refractivity contribution is 6.16. The number of alkyl halides is 6. The number of halogens is 6. The Balaban J connectivity index is 1.29. The summed E-state index contributed by atoms with van der Waals surface area (Å²) in [6.45, 7) is 0. The lowest BCUT2D eigenvalue weighted by atomic mass is 9.90. The van der Waals surface area contributed by atoms with Crippen LogP contribution in [0.5, 0.6) is 0 Å². The number of nitrogens with one attached hydrogen (secondary N) is 1. The lowest BCUT2D eigenvalue weighted by Crippen LogP contribution is -2.39. The van der Waals surface area contributed by atoms with Gasteiger partial charge in [-0.15, -0.1) is 0 Å². The Morgan fingerprint density at radius 1 is 0.522 bits per heavy atom. The molecule has 0 saturated heterocycles. The topological polar surface area (TPSA) is 89.3 Å². The van der Waals surface area contributed by atoms with Crippen molar-refractivity contribution in [1.82, 2.24) is 9.88 Å². The van der Waals surface area contributed by atoms with Crippen molar-refractivity contribution in [2.75, 3.05) is 0 Å². The zero-order valence-electron chi connectivity index (χ0n) is 35.0. The molecule has 0 unspecified atom stereocenters. The van der Waals surface area contributed by atoms with E-state index in [-0.39, 0.29) is 33.7 Å². The van der Waals surface area contributed by atoms with Crippen LogP contribution >= 0.6 is 0 Å². The van der Waals surface area contributed by atoms with E-state index in [9.17, 15) is 23.7 Å². The minimum atomic E-state index is -5.14. The smallest absolute Gasteiger partial charge is 0.324 e. The molecule has 8 aromatic rings. The SMILES string of the molecule is N#Cc1cccc(-c2ccc3c(c2)c2cc(-c4cccc(C#N)c4)ccc2n3-c2ccc(=C3CC=C(C(F)(F)F)C=C3C(F)(F)F)c(=C3N=C(c4ccccc4)N=C(c4ccccc4)N3)c2)c1. The second kappa shape index (κ2) is 16.7. The van der Waals surface area contributed by atoms with E-state index in [1.165, 1.54) is 6.07 Å². The molecule has 1 aliphatic heterocycles. The van der Waals surface area contributed by atoms with Gasteiger partial charge in [0.05, 0.1) is 45.4 Å². The van der Waals surface area contributed by atoms with Crippen molar-refractivity contribution in [1.29, 1.82) is 10.5 Å². The number of fused-ring (bicyclic) bond motifs is 3. The van der Waals surface area contributed by atoms with Crippen LogP contribution in [0, 0.1) is 22.7 Å². The summed E-state index contributed by atoms with van der Waals surface area (Å²) < 4.78 is 89.2. The molecule has 0 fully saturated rings. The van der Waals surface area contributed by atoms with E-state index in [1.807, 2.05) is 126 Å². The van der Waals surface area contributed by atoms with Gasteiger partial charge in [0, 0.05) is 32.8 Å². The highest BCUT2D eigenvalue weighted by Gasteiger charge is 2.42. The largest absolute Gasteiger partial charge is 0.416 e. The zero-order chi connectivity index (χ0) is 46.5. The minimum absolute atomic E-state index is 0.0258. The van der Waals surface area contributed by atoms with Gasteiger partial charge in [0.25, 0.3) is 0 Å². The van der Waals surface area contributed by atoms with Gasteiger partial charge in [0.1, 0.15) is 11.7 Å². The number of hydrogen-bond donors (Lipinski definition) is 1. The summed E-state index contributed by atoms with van der Waals surface area (Å²) in [7, 11) is 0. The Bertz CT molecular complexity index is 3560. The third-order valence-corrected chi connectivity index (χ3v) is 11.8. The van der Waals surface area contributed by atoms with Gasteiger partial charge < -0.3 is 9.88 Å². The molecule has 2 heterocycles. The predicted molar refractivity (Wildman–Crippen MR) is 249 cm³/mol. The Labute approximate surface area is 379 Å². The Kier molecular flexibility index (Phi) is 10.5. The third-order valence-electron chi connectivity index (χ3n) is 11.8. The number of nitriles is 2. The maximum absolute atomic E-state index is 15.0. The van der Waals surface area contributed by atoms with E-state index >= 15 is 13.2 Å². The molecule has 1 aromatic heterocycles. The van der Waals surface area contributed by atoms with Crippen LogP contribution in [-0.2, 0) is 0 Å². The number of amidine groups is 2. The quantitative estimate of drug-likeness (QED) is 0.175. The van der Waals surface area contributed by atoms with Gasteiger partial charge >= 0.3 is 12.4 Å². The molecule has 1 aliphatic carbocycles. The van der Waals surface area contributed by atoms with Crippen LogP contribution in [0.25, 0.3) is 61.1 Å². The second-order valence-corrected chi connectivity index (χ2v) is 15.9. The van der Waals surface area contributed by atoms with Gasteiger partial charge in [-0.1, -0.05) is 109 Å². The van der Waals surface area contributed by atoms with E-state index in [0.717, 1.165) is 50.1 Å². The average molecular weight is 891 g/mol. The van der Waals surface area contributed by atoms with Gasteiger partial charge in [-0.2, -0.15) is 36.9 Å². The molecule has 324 valence electrons. The number of nitrogens with zero attached hydrogens (tertiary/aromatic N) is 5. The third kappa shape index (κ3) is 8.06. The van der Waals surface area contributed by atoms with Crippen LogP contribution in [0.1, 0.15) is 28.7 Å². The maximum atomic E-state index is 15.0. The van der Waals surface area contributed by atoms with E-state index < -0.39 is 29.9 Å². The number of rotatable bonds is 5. The predicted octanol–water partition coefficient (Wildman–Crippen LogP) is 12.0. The normalized spacial score (nSPS) is 15.8. The molecule has 7 aromatic carbocycles. The van der Waals surface area contributed by atoms with Gasteiger partial charge in [-0.05, 0) is 106 Å². The van der Waals surface area contributed by atoms with Gasteiger partial charge in [-0.25, -0.2) is 9.98 Å². The summed E-state index contributed by atoms with van der Waals surface area (Å²) in [5.74, 6) is 0.754. The maximum Gasteiger partial charge on any atom is 0.416 e. The fourth-order valence-corrected chi connectivity index (χ4v) is 8.64. The number of hydrogen-bond acceptors (Lipinski definition) is 5. The van der Waals surface area contributed by atoms with Crippen LogP contribution in [0.4, 0.5) is 26.3 Å². The van der Waals surface area contributed by atoms with Crippen molar-refractivity contribution in [2.24, 2.45) is 9.98 Å². The summed E-state index contributed by atoms with van der Waals surface area (Å²) in [4.78, 5) is 9.77. The Morgan fingerprint density at radius 3 is 1.63 bits per heavy atom. The highest BCUT2D eigenvalue weighted by atomic mass is 19.4. The summed E-state index contributed by atoms with van der Waals surface area (Å²) in [6.07, 6.45) is -9.85. The number of allylic oxidation sites excluding steroid dienone is 4. The molecule has 0 bridgehead atoms. The molecule has 12 heteroatoms. The second-order valence-electron chi connectivity index (χ2n) is 15.9. The average Bonchev–Trinajstić information content (AvgIpc) is 3.69. The molecular formula is C55H32F6N6. The summed E-state index contributed by atoms with van der Waals surface area (Å²) in [5, 5.41) is 24.5. The van der Waals surface area contributed by atoms with Crippen molar-refractivity contribution < 1.29 is 26.3 Å². The van der Waals surface area contributed by atoms with Crippen LogP contribution in [0.3, 0.4) is 0 Å². The fraction of sp³-hybridized carbons (Fsp3) is 0.0545. The van der Waals surface area contributed by atoms with Crippen LogP contribution in [0.2, 0.25) is 0 Å². The highest BCUT2D eigenvalue weighted by Crippen LogP contribution is 2.41. The van der Waals surface area contributed by atoms with Crippen LogP contribution in [0.15, 0.2) is 197 Å². The lowest BCUT2D eigenvalue weighted by molar-refractivity contribution is -0.0938. The van der Waals surface area contributed by atoms with Crippen molar-refractivity contribution in [3.05, 3.63) is 220 Å². The first-order valence-electron chi connectivity index (χ1n) is 21.0. The summed E-state index contributed by atoms with van der Waals surface area (Å²) in [6, 6.07) is 53.7. The molecule has 0 radical (unpaired) electrons. The van der Waals surface area contributed by atoms with Crippen molar-refractivity contribution in [3.63, 3.8) is 0 Å². The van der Waals surface area contributed by atoms with E-state index in [4.69, 9.17) is 9.98 Å². The van der Waals surface area contributed by atoms with Crippen molar-refractivity contribution in [2.45, 2.75) is 18.8 Å². The molecule has 0 amide bonds. The molecule has 1 N–H and O–H groups in total. The monoisotopic (exact) mass is 890 g/mol. The van der Waals surface area contributed by atoms with E-state index in [2.05, 4.69) is 17.5 Å². The Hall–Kier alpha value is -8.74. The molecule has 2 aliphatic rings. The van der Waals surface area contributed by atoms with E-state index in [1.54, 1.807) is 36.4 Å². The summed E-state index contributed by atoms with van der Waals surface area (Å²) >= 11 is 0. The lowest BCUT2D eigenvalue weighted by Gasteiger charge is -2.22. The number of aliphatic imine (C=N–C) groups is 2. The fourth-order valence-electron chi connectivity index (χ4n) is 8.64. The molecule has 6 nitrogen and oxygen atoms in total. The zero-order valence-corrected chi connectivity index (χ0v) is 35.0. The van der Waals surface area contributed by atoms with Crippen LogP contribution < -0.4 is 15.8 Å². The van der Waals surface area contributed by atoms with Crippen molar-refractivity contribution >= 4 is 44.9 Å². The standard InChI is InChI=1S/C55H32F6N6/c56-54(57,58)41-19-21-44(48(29-41)55(59,60)61)43-22-20-42(30-47(43)53-65-51(35-11-3-1-4-12-35)64-52(66-53)36-13-5-2-6-14-36)67-49-23-17-39(37-15-7-9-33(25-37)31-62)27-45(49)46-28-40(18-24-50(46)67)38-16-8-10-34(26-38)32-63/h1-20,22-30H,21H2,(H,64,65,66). The van der Waals surface area contributed by atoms with Gasteiger partial charge in [0.2, 0.25) is 0 Å². The molecule has 0 saturated carbocycles. The molecule has 67 heavy (non-hydrogen) atoms. The van der Waals surface area contributed by atoms with Crippen LogP contribution in [-0.4, -0.2) is 28.6 Å². The first-order chi connectivity index (χ1) is 32.4. The number of aromatic nitrogens is 1. The Morgan fingerprint density at radius 2 is 1.07 bits per heavy atom. The van der Waals surface area contributed by atoms with Gasteiger partial charge in [0.15, 0.2) is 5.84 Å². The molecular weight excluding hydrogens is 859 g/mol. The van der Waals surface area contributed by atoms with Crippen molar-refractivity contribution in [3.8, 4) is 40.1 Å². The van der Waals surface area contributed by atoms with E-state index in [0.29, 0.717) is 33.8 Å². The molecule has 0 atom stereocenters. The first-order valence-corrected chi connectivity index (χ1v) is 21.0. The molecule has 0 spiro atoms. The summed E-state index contributed by atoms with van der Waals surface area (Å²) in [5.41, 5.74) is 4.41. The molecule has 10 rings (SSSR count). The number of benzene rings is 7. The van der Waals surface area contributed by atoms with Gasteiger partial charge in [-0.3, -0.25) is 0 Å². The minimum Gasteiger partial charge on any atom is -0.324 e. The first kappa shape index (κ1) is 42.2.